The molecule has 103 valence electrons. The molecular formula is C13H23Cl2OSiTi. The van der Waals surface area contributed by atoms with E-state index in [1.54, 1.807) is 9.45 Å². The molecule has 0 amide bonds. The van der Waals surface area contributed by atoms with Crippen LogP contribution in [0.15, 0.2) is 21.6 Å². The summed E-state index contributed by atoms with van der Waals surface area (Å²) in [6, 6.07) is 1.27. The molecule has 0 aromatic carbocycles. The van der Waals surface area contributed by atoms with Crippen LogP contribution in [0, 0.1) is 0 Å². The fourth-order valence-electron chi connectivity index (χ4n) is 2.19. The summed E-state index contributed by atoms with van der Waals surface area (Å²) in [7, 11) is -1.41. The third-order valence-corrected chi connectivity index (χ3v) is 6.30. The first-order valence-electron chi connectivity index (χ1n) is 6.19. The largest absolute Gasteiger partial charge is 1.00 e. The van der Waals surface area contributed by atoms with Crippen molar-refractivity contribution in [3.8, 4) is 0 Å². The summed E-state index contributed by atoms with van der Waals surface area (Å²) in [6.07, 6.45) is 8.64. The van der Waals surface area contributed by atoms with Crippen molar-refractivity contribution in [2.75, 3.05) is 0 Å². The molecule has 0 bridgehead atoms. The number of hydrogen-bond donors (Lipinski definition) is 0. The SMILES string of the molecule is CC(C)O[Si](C)(C)CCCC1=[C]([Ti+2])CC=C1.[Cl-].[Cl-]. The summed E-state index contributed by atoms with van der Waals surface area (Å²) in [5, 5.41) is 0. The van der Waals surface area contributed by atoms with Gasteiger partial charge in [0.1, 0.15) is 0 Å². The van der Waals surface area contributed by atoms with Crippen LogP contribution in [0.25, 0.3) is 0 Å². The van der Waals surface area contributed by atoms with E-state index in [-0.39, 0.29) is 24.8 Å². The fraction of sp³-hybridized carbons (Fsp3) is 0.692. The van der Waals surface area contributed by atoms with Crippen molar-refractivity contribution in [3.05, 3.63) is 21.6 Å². The van der Waals surface area contributed by atoms with Gasteiger partial charge in [-0.1, -0.05) is 0 Å². The molecule has 1 rings (SSSR count). The molecule has 0 N–H and O–H groups in total. The number of hydrogen-bond acceptors (Lipinski definition) is 1. The molecule has 0 unspecified atom stereocenters. The summed E-state index contributed by atoms with van der Waals surface area (Å²) in [5.74, 6) is 0. The Hall–Kier alpha value is 0.951. The predicted octanol–water partition coefficient (Wildman–Crippen LogP) is -1.83. The van der Waals surface area contributed by atoms with Gasteiger partial charge in [0.25, 0.3) is 0 Å². The molecule has 0 radical (unpaired) electrons. The molecule has 0 fully saturated rings. The maximum atomic E-state index is 6.03. The van der Waals surface area contributed by atoms with Crippen LogP contribution >= 0.6 is 0 Å². The minimum atomic E-state index is -1.41. The van der Waals surface area contributed by atoms with Gasteiger partial charge in [0, 0.05) is 0 Å². The second-order valence-electron chi connectivity index (χ2n) is 5.39. The van der Waals surface area contributed by atoms with Gasteiger partial charge in [0.2, 0.25) is 0 Å². The van der Waals surface area contributed by atoms with E-state index in [1.165, 1.54) is 25.3 Å². The van der Waals surface area contributed by atoms with Crippen LogP contribution in [0.4, 0.5) is 0 Å². The van der Waals surface area contributed by atoms with Crippen LogP contribution in [0.5, 0.6) is 0 Å². The predicted molar refractivity (Wildman–Crippen MR) is 68.5 cm³/mol. The zero-order valence-electron chi connectivity index (χ0n) is 11.7. The molecule has 0 atom stereocenters. The van der Waals surface area contributed by atoms with Crippen LogP contribution in [0.1, 0.15) is 33.1 Å². The molecule has 0 aromatic rings. The van der Waals surface area contributed by atoms with E-state index in [2.05, 4.69) is 59.5 Å². The summed E-state index contributed by atoms with van der Waals surface area (Å²) in [4.78, 5) is 0. The molecule has 0 saturated carbocycles. The quantitative estimate of drug-likeness (QED) is 0.516. The third kappa shape index (κ3) is 8.19. The van der Waals surface area contributed by atoms with Crippen LogP contribution in [0.2, 0.25) is 19.1 Å². The molecule has 1 aliphatic rings. The van der Waals surface area contributed by atoms with Gasteiger partial charge in [0.05, 0.1) is 0 Å². The van der Waals surface area contributed by atoms with E-state index in [4.69, 9.17) is 4.43 Å². The number of halogens is 2. The first-order chi connectivity index (χ1) is 7.41. The van der Waals surface area contributed by atoms with Crippen molar-refractivity contribution < 1.29 is 49.7 Å². The minimum absolute atomic E-state index is 0. The molecule has 1 aliphatic carbocycles. The molecule has 0 saturated heterocycles. The van der Waals surface area contributed by atoms with E-state index < -0.39 is 8.32 Å². The van der Waals surface area contributed by atoms with Crippen molar-refractivity contribution in [2.45, 2.75) is 58.4 Å². The fourth-order valence-corrected chi connectivity index (χ4v) is 5.12. The minimum Gasteiger partial charge on any atom is -1.00 e. The molecule has 0 aliphatic heterocycles. The van der Waals surface area contributed by atoms with Crippen LogP contribution < -0.4 is 24.8 Å². The first kappa shape index (κ1) is 21.3. The molecule has 0 heterocycles. The Morgan fingerprint density at radius 1 is 1.33 bits per heavy atom. The molecule has 18 heavy (non-hydrogen) atoms. The van der Waals surface area contributed by atoms with Gasteiger partial charge in [-0.2, -0.15) is 0 Å². The zero-order chi connectivity index (χ0) is 12.2. The Balaban J connectivity index is 0. The Morgan fingerprint density at radius 3 is 2.39 bits per heavy atom. The Labute approximate surface area is 137 Å². The van der Waals surface area contributed by atoms with Gasteiger partial charge in [-0.25, -0.2) is 0 Å². The van der Waals surface area contributed by atoms with Gasteiger partial charge in [-0.3, -0.25) is 0 Å². The van der Waals surface area contributed by atoms with Crippen molar-refractivity contribution in [3.63, 3.8) is 0 Å². The van der Waals surface area contributed by atoms with Gasteiger partial charge >= 0.3 is 113 Å². The zero-order valence-corrected chi connectivity index (χ0v) is 15.8. The Kier molecular flexibility index (Phi) is 11.6. The smallest absolute Gasteiger partial charge is 1.00 e. The van der Waals surface area contributed by atoms with Crippen molar-refractivity contribution in [1.82, 2.24) is 0 Å². The molecule has 0 aromatic heterocycles. The molecular weight excluding hydrogens is 319 g/mol. The van der Waals surface area contributed by atoms with Gasteiger partial charge in [0.15, 0.2) is 0 Å². The van der Waals surface area contributed by atoms with E-state index in [9.17, 15) is 0 Å². The average molecular weight is 342 g/mol. The van der Waals surface area contributed by atoms with E-state index >= 15 is 0 Å². The summed E-state index contributed by atoms with van der Waals surface area (Å²) in [6.45, 7) is 8.94. The maximum absolute atomic E-state index is 6.03. The Bertz CT molecular complexity index is 301. The molecule has 0 spiro atoms. The second kappa shape index (κ2) is 9.79. The average Bonchev–Trinajstić information content (AvgIpc) is 2.49. The number of allylic oxidation sites excluding steroid dienone is 4. The maximum Gasteiger partial charge on any atom is -1.00 e. The topological polar surface area (TPSA) is 9.23 Å². The normalized spacial score (nSPS) is 14.8. The van der Waals surface area contributed by atoms with Gasteiger partial charge in [-0.15, -0.1) is 0 Å². The van der Waals surface area contributed by atoms with Crippen LogP contribution in [-0.4, -0.2) is 14.4 Å². The second-order valence-corrected chi connectivity index (χ2v) is 10.6. The van der Waals surface area contributed by atoms with Gasteiger partial charge < -0.3 is 24.8 Å². The van der Waals surface area contributed by atoms with Crippen molar-refractivity contribution in [1.29, 1.82) is 0 Å². The molecule has 5 heteroatoms. The van der Waals surface area contributed by atoms with Crippen LogP contribution in [0.3, 0.4) is 0 Å². The number of rotatable bonds is 6. The first-order valence-corrected chi connectivity index (χ1v) is 10.1. The van der Waals surface area contributed by atoms with Crippen molar-refractivity contribution >= 4 is 8.32 Å². The third-order valence-electron chi connectivity index (χ3n) is 2.81. The standard InChI is InChI=1S/C13H23OSi.2ClH.Ti/c1-12(2)14-15(3,4)11-7-10-13-8-5-6-9-13;;;/h5,8,12H,6-7,10-11H2,1-4H3;2*1H;/q;;;+2/p-2. The van der Waals surface area contributed by atoms with E-state index in [1.807, 2.05) is 0 Å². The van der Waals surface area contributed by atoms with E-state index in [0.717, 1.165) is 0 Å². The summed E-state index contributed by atoms with van der Waals surface area (Å²) >= 11 is 2.25. The van der Waals surface area contributed by atoms with Gasteiger partial charge in [-0.05, 0) is 0 Å². The Morgan fingerprint density at radius 2 is 1.94 bits per heavy atom. The van der Waals surface area contributed by atoms with Crippen molar-refractivity contribution in [2.24, 2.45) is 0 Å². The summed E-state index contributed by atoms with van der Waals surface area (Å²) in [5.41, 5.74) is 1.56. The van der Waals surface area contributed by atoms with Crippen LogP contribution in [-0.2, 0) is 24.9 Å². The monoisotopic (exact) mass is 341 g/mol. The molecule has 1 nitrogen and oxygen atoms in total. The van der Waals surface area contributed by atoms with E-state index in [0.29, 0.717) is 6.10 Å². The summed E-state index contributed by atoms with van der Waals surface area (Å²) < 4.78 is 7.59.